The van der Waals surface area contributed by atoms with Crippen molar-refractivity contribution >= 4 is 34.2 Å². The number of nitrogens with zero attached hydrogens (tertiary/aromatic N) is 2. The van der Waals surface area contributed by atoms with E-state index < -0.39 is 0 Å². The molecule has 5 aromatic rings. The number of H-pyrrole nitrogens is 2. The fourth-order valence-electron chi connectivity index (χ4n) is 6.59. The Morgan fingerprint density at radius 2 is 1.19 bits per heavy atom. The number of rotatable bonds is 2. The van der Waals surface area contributed by atoms with E-state index in [4.69, 9.17) is 9.97 Å². The van der Waals surface area contributed by atoms with E-state index in [-0.39, 0.29) is 22.5 Å². The Kier molecular flexibility index (Phi) is 7.28. The minimum atomic E-state index is -0.0564. The second kappa shape index (κ2) is 10.8. The zero-order chi connectivity index (χ0) is 29.2. The predicted molar refractivity (Wildman–Crippen MR) is 176 cm³/mol. The zero-order valence-electron chi connectivity index (χ0n) is 25.5. The molecule has 0 saturated heterocycles. The molecule has 8 bridgehead atoms. The van der Waals surface area contributed by atoms with Crippen molar-refractivity contribution < 1.29 is 17.1 Å². The molecule has 0 aliphatic carbocycles. The van der Waals surface area contributed by atoms with E-state index in [2.05, 4.69) is 136 Å². The van der Waals surface area contributed by atoms with Crippen molar-refractivity contribution in [3.8, 4) is 22.3 Å². The maximum atomic E-state index is 5.35. The van der Waals surface area contributed by atoms with Crippen LogP contribution < -0.4 is 0 Å². The average molecular weight is 612 g/mol. The number of hydrogen-bond acceptors (Lipinski definition) is 2. The first-order valence-corrected chi connectivity index (χ1v) is 14.7. The molecule has 43 heavy (non-hydrogen) atoms. The minimum Gasteiger partial charge on any atom is -0.355 e. The molecule has 0 unspecified atom stereocenters. The Morgan fingerprint density at radius 3 is 1.84 bits per heavy atom. The van der Waals surface area contributed by atoms with Crippen LogP contribution in [-0.2, 0) is 28.9 Å². The number of aryl methyl sites for hydroxylation is 4. The van der Waals surface area contributed by atoms with Crippen LogP contribution in [0.1, 0.15) is 58.9 Å². The fraction of sp³-hybridized carbons (Fsp3) is 0.211. The summed E-state index contributed by atoms with van der Waals surface area (Å²) in [4.78, 5) is 17.9. The molecule has 2 aromatic carbocycles. The van der Waals surface area contributed by atoms with Crippen molar-refractivity contribution in [2.24, 2.45) is 0 Å². The molecule has 2 N–H and O–H groups in total. The maximum Gasteiger partial charge on any atom is 0.0737 e. The molecule has 2 aliphatic rings. The molecule has 7 rings (SSSR count). The Balaban J connectivity index is 0.00000329. The van der Waals surface area contributed by atoms with E-state index in [0.717, 1.165) is 68.0 Å². The quantitative estimate of drug-likeness (QED) is 0.192. The predicted octanol–water partition coefficient (Wildman–Crippen LogP) is 9.57. The Labute approximate surface area is 263 Å². The third-order valence-corrected chi connectivity index (χ3v) is 8.57. The van der Waals surface area contributed by atoms with E-state index in [1.165, 1.54) is 27.8 Å². The topological polar surface area (TPSA) is 57.4 Å². The molecule has 2 aliphatic heterocycles. The number of nitrogens with one attached hydrogen (secondary N) is 2. The van der Waals surface area contributed by atoms with Crippen LogP contribution in [0.5, 0.6) is 0 Å². The molecule has 0 fully saturated rings. The minimum absolute atomic E-state index is 0. The molecule has 5 heteroatoms. The smallest absolute Gasteiger partial charge is 0.0737 e. The van der Waals surface area contributed by atoms with Gasteiger partial charge in [0.25, 0.3) is 0 Å². The van der Waals surface area contributed by atoms with Crippen molar-refractivity contribution in [1.29, 1.82) is 0 Å². The molecule has 0 atom stereocenters. The van der Waals surface area contributed by atoms with Crippen LogP contribution in [0.25, 0.3) is 56.5 Å². The normalized spacial score (nSPS) is 13.6. The zero-order valence-corrected chi connectivity index (χ0v) is 26.4. The van der Waals surface area contributed by atoms with Crippen LogP contribution in [0.4, 0.5) is 0 Å². The van der Waals surface area contributed by atoms with Gasteiger partial charge in [-0.05, 0) is 98.5 Å². The maximum absolute atomic E-state index is 5.35. The van der Waals surface area contributed by atoms with E-state index >= 15 is 0 Å². The van der Waals surface area contributed by atoms with Gasteiger partial charge in [0.1, 0.15) is 0 Å². The fourth-order valence-corrected chi connectivity index (χ4v) is 6.59. The van der Waals surface area contributed by atoms with Crippen LogP contribution in [0.15, 0.2) is 72.8 Å². The monoisotopic (exact) mass is 611 g/mol. The van der Waals surface area contributed by atoms with Crippen molar-refractivity contribution in [3.05, 3.63) is 118 Å². The van der Waals surface area contributed by atoms with E-state index in [0.29, 0.717) is 0 Å². The number of aromatic amines is 2. The SMILES string of the molecule is Cc1ccc(-c2c3nc(c(-c4c(C)cc(C)cc4C)c4ccc(cc5nc(cc6ccc2[nH]6)C(C)(C)C5)[nH]4)C=C3)cc1.[Cu]. The van der Waals surface area contributed by atoms with Crippen LogP contribution in [-0.4, -0.2) is 19.9 Å². The van der Waals surface area contributed by atoms with E-state index in [1.807, 2.05) is 0 Å². The summed E-state index contributed by atoms with van der Waals surface area (Å²) < 4.78 is 0. The number of fused-ring (bicyclic) bond motifs is 8. The van der Waals surface area contributed by atoms with Gasteiger partial charge in [-0.2, -0.15) is 0 Å². The first kappa shape index (κ1) is 28.9. The second-order valence-corrected chi connectivity index (χ2v) is 12.6. The van der Waals surface area contributed by atoms with E-state index in [9.17, 15) is 0 Å². The standard InChI is InChI=1S/C38H36N4.Cu/c1-22-7-9-26(10-8-22)36-30-13-12-28(40-30)20-34-38(5,6)21-29(41-34)19-27-11-14-32(39-27)37(33-16-15-31(36)42-33)35-24(3)17-23(2)18-25(35)4;/h7-20,39-40H,21H2,1-6H3;. The number of aromatic nitrogens is 4. The summed E-state index contributed by atoms with van der Waals surface area (Å²) in [6.07, 6.45) is 5.22. The van der Waals surface area contributed by atoms with Gasteiger partial charge in [-0.1, -0.05) is 61.4 Å². The Morgan fingerprint density at radius 1 is 0.605 bits per heavy atom. The molecular formula is C38H36CuN4. The van der Waals surface area contributed by atoms with Crippen molar-refractivity contribution in [2.45, 2.75) is 53.4 Å². The third kappa shape index (κ3) is 5.29. The molecule has 5 heterocycles. The molecule has 219 valence electrons. The molecular weight excluding hydrogens is 576 g/mol. The van der Waals surface area contributed by atoms with Gasteiger partial charge in [0.05, 0.1) is 11.4 Å². The molecule has 0 saturated carbocycles. The first-order valence-electron chi connectivity index (χ1n) is 14.7. The van der Waals surface area contributed by atoms with Crippen molar-refractivity contribution in [2.75, 3.05) is 0 Å². The largest absolute Gasteiger partial charge is 0.355 e. The summed E-state index contributed by atoms with van der Waals surface area (Å²) in [5.74, 6) is 0. The first-order chi connectivity index (χ1) is 20.1. The number of hydrogen-bond donors (Lipinski definition) is 2. The van der Waals surface area contributed by atoms with Gasteiger partial charge in [0.2, 0.25) is 0 Å². The van der Waals surface area contributed by atoms with Gasteiger partial charge < -0.3 is 9.97 Å². The van der Waals surface area contributed by atoms with Gasteiger partial charge in [-0.15, -0.1) is 0 Å². The summed E-state index contributed by atoms with van der Waals surface area (Å²) in [6.45, 7) is 13.2. The van der Waals surface area contributed by atoms with Crippen LogP contribution in [0.3, 0.4) is 0 Å². The Hall–Kier alpha value is -4.18. The summed E-state index contributed by atoms with van der Waals surface area (Å²) in [7, 11) is 0. The molecule has 0 amide bonds. The second-order valence-electron chi connectivity index (χ2n) is 12.6. The van der Waals surface area contributed by atoms with E-state index in [1.54, 1.807) is 0 Å². The van der Waals surface area contributed by atoms with Gasteiger partial charge in [0, 0.05) is 73.5 Å². The van der Waals surface area contributed by atoms with Crippen LogP contribution in [0.2, 0.25) is 0 Å². The summed E-state index contributed by atoms with van der Waals surface area (Å²) in [5, 5.41) is 0. The molecule has 3 aromatic heterocycles. The van der Waals surface area contributed by atoms with Crippen molar-refractivity contribution in [1.82, 2.24) is 19.9 Å². The summed E-state index contributed by atoms with van der Waals surface area (Å²) in [6, 6.07) is 26.3. The Bertz CT molecular complexity index is 2050. The van der Waals surface area contributed by atoms with Gasteiger partial charge in [-0.25, -0.2) is 4.98 Å². The van der Waals surface area contributed by atoms with Gasteiger partial charge in [-0.3, -0.25) is 4.98 Å². The van der Waals surface area contributed by atoms with Crippen molar-refractivity contribution in [3.63, 3.8) is 0 Å². The van der Waals surface area contributed by atoms with Gasteiger partial charge in [0.15, 0.2) is 0 Å². The van der Waals surface area contributed by atoms with Gasteiger partial charge >= 0.3 is 0 Å². The van der Waals surface area contributed by atoms with Crippen LogP contribution in [0, 0.1) is 27.7 Å². The molecule has 0 spiro atoms. The number of benzene rings is 2. The third-order valence-electron chi connectivity index (χ3n) is 8.57. The van der Waals surface area contributed by atoms with Crippen LogP contribution >= 0.6 is 0 Å². The average Bonchev–Trinajstić information content (AvgIpc) is 3.72. The summed E-state index contributed by atoms with van der Waals surface area (Å²) in [5.41, 5.74) is 17.8. The summed E-state index contributed by atoms with van der Waals surface area (Å²) >= 11 is 0. The molecule has 1 radical (unpaired) electrons. The molecule has 4 nitrogen and oxygen atoms in total.